The van der Waals surface area contributed by atoms with E-state index in [9.17, 15) is 34.8 Å². The number of phenolic OH excluding ortho intramolecular Hbond substituents is 1. The zero-order valence-corrected chi connectivity index (χ0v) is 20.7. The van der Waals surface area contributed by atoms with E-state index in [1.807, 2.05) is 18.2 Å². The number of rotatable bonds is 2. The lowest BCUT2D eigenvalue weighted by atomic mass is 9.58. The Morgan fingerprint density at radius 3 is 2.37 bits per heavy atom. The monoisotopic (exact) mass is 514 g/mol. The summed E-state index contributed by atoms with van der Waals surface area (Å²) in [5, 5.41) is 44.8. The summed E-state index contributed by atoms with van der Waals surface area (Å²) in [7, 11) is 3.17. The highest BCUT2D eigenvalue weighted by Gasteiger charge is 2.63. The molecule has 2 aromatic carbocycles. The maximum Gasteiger partial charge on any atom is 0.255 e. The lowest BCUT2D eigenvalue weighted by Gasteiger charge is -2.50. The van der Waals surface area contributed by atoms with E-state index in [0.29, 0.717) is 11.1 Å². The van der Waals surface area contributed by atoms with Crippen molar-refractivity contribution in [1.29, 1.82) is 0 Å². The molecule has 0 fully saturated rings. The van der Waals surface area contributed by atoms with Crippen molar-refractivity contribution in [2.75, 3.05) is 14.1 Å². The number of phenols is 1. The largest absolute Gasteiger partial charge is 0.510 e. The molecule has 0 unspecified atom stereocenters. The minimum Gasteiger partial charge on any atom is -0.510 e. The number of aliphatic hydroxyl groups excluding tert-OH is 2. The van der Waals surface area contributed by atoms with Crippen LogP contribution in [0.25, 0.3) is 0 Å². The van der Waals surface area contributed by atoms with Gasteiger partial charge in [0.15, 0.2) is 11.4 Å². The predicted octanol–water partition coefficient (Wildman–Crippen LogP) is 1.52. The van der Waals surface area contributed by atoms with Crippen molar-refractivity contribution >= 4 is 17.5 Å². The molecule has 0 heterocycles. The summed E-state index contributed by atoms with van der Waals surface area (Å²) in [5.74, 6) is -0.992. The normalized spacial score (nSPS) is 26.4. The van der Waals surface area contributed by atoms with Gasteiger partial charge in [-0.15, -0.1) is 0 Å². The Morgan fingerprint density at radius 2 is 1.74 bits per heavy atom. The highest BCUT2D eigenvalue weighted by Crippen LogP contribution is 2.52. The molecule has 0 aliphatic heterocycles. The maximum atomic E-state index is 13.7. The number of aromatic hydroxyl groups is 1. The Hall–Kier alpha value is -4.39. The van der Waals surface area contributed by atoms with Gasteiger partial charge in [-0.3, -0.25) is 19.3 Å². The van der Waals surface area contributed by atoms with E-state index in [1.54, 1.807) is 38.4 Å². The van der Waals surface area contributed by atoms with Crippen molar-refractivity contribution < 1.29 is 34.8 Å². The van der Waals surface area contributed by atoms with Gasteiger partial charge in [-0.05, 0) is 56.6 Å². The number of likely N-dealkylation sites (N-methyl/N-ethyl adjacent to an activating group) is 1. The zero-order valence-electron chi connectivity index (χ0n) is 20.7. The molecule has 9 nitrogen and oxygen atoms in total. The zero-order chi connectivity index (χ0) is 27.5. The number of nitrogens with zero attached hydrogens (tertiary/aromatic N) is 1. The molecule has 0 aromatic heterocycles. The van der Waals surface area contributed by atoms with Crippen LogP contribution in [0.2, 0.25) is 0 Å². The Morgan fingerprint density at radius 1 is 1.05 bits per heavy atom. The molecule has 194 valence electrons. The fourth-order valence-electron chi connectivity index (χ4n) is 5.99. The van der Waals surface area contributed by atoms with Crippen LogP contribution >= 0.6 is 0 Å². The Balaban J connectivity index is 1.64. The van der Waals surface area contributed by atoms with Crippen LogP contribution in [0.3, 0.4) is 0 Å². The van der Waals surface area contributed by atoms with E-state index in [-0.39, 0.29) is 35.3 Å². The summed E-state index contributed by atoms with van der Waals surface area (Å²) in [6, 6.07) is 11.4. The maximum absolute atomic E-state index is 13.7. The van der Waals surface area contributed by atoms with Gasteiger partial charge in [0.25, 0.3) is 5.91 Å². The number of carbonyl (C=O) groups excluding carboxylic acids is 3. The number of hydrogen-bond donors (Lipinski definition) is 5. The molecular formula is C29H26N2O7. The molecule has 9 heteroatoms. The van der Waals surface area contributed by atoms with Crippen LogP contribution in [-0.2, 0) is 16.0 Å². The van der Waals surface area contributed by atoms with Crippen LogP contribution in [0.5, 0.6) is 5.75 Å². The SMILES string of the molecule is CN(C)[C@@H]1C(O)=C(C(N)=O)C(=O)[C@@]2(O)C(O)=C3C(=O)c4c(ccc(C#Cc5ccccc5)c4O)C[C@H]3C[C@@H]12. The summed E-state index contributed by atoms with van der Waals surface area (Å²) in [5.41, 5.74) is 3.04. The van der Waals surface area contributed by atoms with Gasteiger partial charge in [0.1, 0.15) is 22.8 Å². The van der Waals surface area contributed by atoms with Gasteiger partial charge in [0.2, 0.25) is 5.78 Å². The number of Topliss-reactive ketones (excluding diaryl/α,β-unsaturated/α-hetero) is 2. The third-order valence-electron chi connectivity index (χ3n) is 7.71. The van der Waals surface area contributed by atoms with Gasteiger partial charge in [-0.1, -0.05) is 36.1 Å². The second kappa shape index (κ2) is 8.87. The Labute approximate surface area is 218 Å². The third kappa shape index (κ3) is 3.53. The van der Waals surface area contributed by atoms with Crippen LogP contribution in [0.1, 0.15) is 33.5 Å². The van der Waals surface area contributed by atoms with Crippen molar-refractivity contribution in [1.82, 2.24) is 4.90 Å². The molecule has 2 aromatic rings. The first-order valence-corrected chi connectivity index (χ1v) is 12.0. The first-order chi connectivity index (χ1) is 18.0. The first-order valence-electron chi connectivity index (χ1n) is 12.0. The number of aliphatic hydroxyl groups is 3. The molecular weight excluding hydrogens is 488 g/mol. The number of amides is 1. The molecule has 6 N–H and O–H groups in total. The molecule has 3 aliphatic rings. The highest BCUT2D eigenvalue weighted by molar-refractivity contribution is 6.24. The predicted molar refractivity (Wildman–Crippen MR) is 136 cm³/mol. The van der Waals surface area contributed by atoms with Crippen molar-refractivity contribution in [3.05, 3.63) is 87.4 Å². The smallest absolute Gasteiger partial charge is 0.255 e. The van der Waals surface area contributed by atoms with Crippen LogP contribution < -0.4 is 5.73 Å². The van der Waals surface area contributed by atoms with Crippen molar-refractivity contribution in [2.45, 2.75) is 24.5 Å². The summed E-state index contributed by atoms with van der Waals surface area (Å²) < 4.78 is 0. The molecule has 0 spiro atoms. The van der Waals surface area contributed by atoms with E-state index >= 15 is 0 Å². The lowest BCUT2D eigenvalue weighted by Crippen LogP contribution is -2.63. The van der Waals surface area contributed by atoms with Crippen molar-refractivity contribution in [2.24, 2.45) is 17.6 Å². The van der Waals surface area contributed by atoms with E-state index in [1.165, 1.54) is 4.90 Å². The van der Waals surface area contributed by atoms with Crippen LogP contribution in [0, 0.1) is 23.7 Å². The second-order valence-corrected chi connectivity index (χ2v) is 10.1. The van der Waals surface area contributed by atoms with E-state index in [0.717, 1.165) is 0 Å². The quantitative estimate of drug-likeness (QED) is 0.298. The average Bonchev–Trinajstić information content (AvgIpc) is 2.86. The van der Waals surface area contributed by atoms with Crippen LogP contribution in [0.15, 0.2) is 65.1 Å². The Bertz CT molecular complexity index is 1530. The number of ketones is 2. The molecule has 3 aliphatic carbocycles. The molecule has 5 rings (SSSR count). The summed E-state index contributed by atoms with van der Waals surface area (Å²) in [6.07, 6.45) is 0.274. The molecule has 0 bridgehead atoms. The summed E-state index contributed by atoms with van der Waals surface area (Å²) in [4.78, 5) is 40.6. The molecule has 4 atom stereocenters. The number of fused-ring (bicyclic) bond motifs is 3. The molecule has 1 amide bonds. The van der Waals surface area contributed by atoms with Crippen LogP contribution in [-0.4, -0.2) is 68.5 Å². The minimum atomic E-state index is -2.66. The average molecular weight is 515 g/mol. The van der Waals surface area contributed by atoms with Gasteiger partial charge < -0.3 is 26.2 Å². The molecule has 0 saturated heterocycles. The first kappa shape index (κ1) is 25.3. The standard InChI is InChI=1S/C29H26N2O7/c1-31(2)22-18-13-17-12-16-11-10-15(9-8-14-6-4-3-5-7-14)23(32)19(16)24(33)20(17)26(35)29(18,38)27(36)21(25(22)34)28(30)37/h3-7,10-11,17-18,22,32,34-35,38H,12-13H2,1-2H3,(H2,30,37)/t17-,18-,22-,29-/m0/s1. The van der Waals surface area contributed by atoms with Crippen molar-refractivity contribution in [3.8, 4) is 17.6 Å². The number of hydrogen-bond acceptors (Lipinski definition) is 8. The Kier molecular flexibility index (Phi) is 5.90. The fourth-order valence-corrected chi connectivity index (χ4v) is 5.99. The van der Waals surface area contributed by atoms with Gasteiger partial charge >= 0.3 is 0 Å². The highest BCUT2D eigenvalue weighted by atomic mass is 16.3. The third-order valence-corrected chi connectivity index (χ3v) is 7.71. The van der Waals surface area contributed by atoms with E-state index < -0.39 is 58.0 Å². The summed E-state index contributed by atoms with van der Waals surface area (Å²) in [6.45, 7) is 0. The minimum absolute atomic E-state index is 0.0437. The topological polar surface area (TPSA) is 161 Å². The molecule has 38 heavy (non-hydrogen) atoms. The number of nitrogens with two attached hydrogens (primary N) is 1. The van der Waals surface area contributed by atoms with Gasteiger partial charge in [-0.25, -0.2) is 0 Å². The van der Waals surface area contributed by atoms with Gasteiger partial charge in [0.05, 0.1) is 17.2 Å². The number of allylic oxidation sites excluding steroid dienone is 1. The number of benzene rings is 2. The second-order valence-electron chi connectivity index (χ2n) is 10.1. The van der Waals surface area contributed by atoms with E-state index in [4.69, 9.17) is 5.73 Å². The van der Waals surface area contributed by atoms with E-state index in [2.05, 4.69) is 11.8 Å². The van der Waals surface area contributed by atoms with Crippen LogP contribution in [0.4, 0.5) is 0 Å². The molecule has 0 radical (unpaired) electrons. The summed E-state index contributed by atoms with van der Waals surface area (Å²) >= 11 is 0. The number of carbonyl (C=O) groups is 3. The number of primary amides is 1. The fraction of sp³-hybridized carbons (Fsp3) is 0.276. The molecule has 0 saturated carbocycles. The van der Waals surface area contributed by atoms with Gasteiger partial charge in [-0.2, -0.15) is 0 Å². The van der Waals surface area contributed by atoms with Crippen molar-refractivity contribution in [3.63, 3.8) is 0 Å². The lowest BCUT2D eigenvalue weighted by molar-refractivity contribution is -0.148. The van der Waals surface area contributed by atoms with Gasteiger partial charge in [0, 0.05) is 17.1 Å².